The summed E-state index contributed by atoms with van der Waals surface area (Å²) < 4.78 is 0. The van der Waals surface area contributed by atoms with Crippen molar-refractivity contribution in [1.29, 1.82) is 0 Å². The lowest BCUT2D eigenvalue weighted by Gasteiger charge is -2.31. The van der Waals surface area contributed by atoms with E-state index in [4.69, 9.17) is 16.7 Å². The standard InChI is InChI=1S/C19H14ClN3O5/c1-10(21-13-6-2-11(3-7-13)18(26)27)15-16(24)22-19(28)23(17(15)25)14-8-4-12(20)5-9-14/h2-9,15,21H,1H2,(H,26,27)(H,22,24,28)/t15-/m1/s1. The number of carbonyl (C=O) groups excluding carboxylic acids is 3. The largest absolute Gasteiger partial charge is 0.478 e. The normalized spacial score (nSPS) is 16.5. The van der Waals surface area contributed by atoms with E-state index in [-0.39, 0.29) is 16.9 Å². The van der Waals surface area contributed by atoms with Crippen molar-refractivity contribution >= 4 is 46.8 Å². The number of rotatable bonds is 5. The van der Waals surface area contributed by atoms with Gasteiger partial charge < -0.3 is 10.4 Å². The minimum atomic E-state index is -1.35. The molecule has 9 heteroatoms. The lowest BCUT2D eigenvalue weighted by atomic mass is 10.0. The van der Waals surface area contributed by atoms with E-state index in [1.54, 1.807) is 0 Å². The molecule has 8 nitrogen and oxygen atoms in total. The average molecular weight is 400 g/mol. The van der Waals surface area contributed by atoms with Crippen LogP contribution in [0.2, 0.25) is 5.02 Å². The van der Waals surface area contributed by atoms with E-state index < -0.39 is 29.7 Å². The smallest absolute Gasteiger partial charge is 0.335 e. The second-order valence-electron chi connectivity index (χ2n) is 5.91. The number of nitrogens with one attached hydrogen (secondary N) is 2. The molecule has 3 N–H and O–H groups in total. The molecule has 1 atom stereocenters. The average Bonchev–Trinajstić information content (AvgIpc) is 2.63. The number of carboxylic acid groups (broad SMARTS) is 1. The minimum absolute atomic E-state index is 0.0389. The molecule has 1 fully saturated rings. The van der Waals surface area contributed by atoms with Gasteiger partial charge in [0, 0.05) is 16.4 Å². The summed E-state index contributed by atoms with van der Waals surface area (Å²) in [6.45, 7) is 3.73. The Bertz CT molecular complexity index is 986. The number of amides is 4. The van der Waals surface area contributed by atoms with Gasteiger partial charge in [0.1, 0.15) is 0 Å². The van der Waals surface area contributed by atoms with Crippen LogP contribution >= 0.6 is 11.6 Å². The van der Waals surface area contributed by atoms with E-state index in [9.17, 15) is 19.2 Å². The van der Waals surface area contributed by atoms with Crippen LogP contribution in [-0.4, -0.2) is 28.9 Å². The van der Waals surface area contributed by atoms with Gasteiger partial charge in [0.15, 0.2) is 5.92 Å². The van der Waals surface area contributed by atoms with Crippen LogP contribution in [0.1, 0.15) is 10.4 Å². The zero-order chi connectivity index (χ0) is 20.4. The van der Waals surface area contributed by atoms with Crippen LogP contribution in [0.15, 0.2) is 60.8 Å². The van der Waals surface area contributed by atoms with E-state index in [0.717, 1.165) is 4.90 Å². The molecule has 142 valence electrons. The predicted octanol–water partition coefficient (Wildman–Crippen LogP) is 2.86. The maximum Gasteiger partial charge on any atom is 0.335 e. The number of barbiturate groups is 1. The van der Waals surface area contributed by atoms with Crippen molar-refractivity contribution in [2.45, 2.75) is 0 Å². The van der Waals surface area contributed by atoms with E-state index in [1.165, 1.54) is 48.5 Å². The summed E-state index contributed by atoms with van der Waals surface area (Å²) in [7, 11) is 0. The lowest BCUT2D eigenvalue weighted by Crippen LogP contribution is -2.59. The third-order valence-electron chi connectivity index (χ3n) is 4.03. The number of hydrogen-bond acceptors (Lipinski definition) is 5. The fraction of sp³-hybridized carbons (Fsp3) is 0.0526. The molecule has 3 rings (SSSR count). The number of nitrogens with zero attached hydrogens (tertiary/aromatic N) is 1. The highest BCUT2D eigenvalue weighted by molar-refractivity contribution is 6.31. The quantitative estimate of drug-likeness (QED) is 0.666. The number of hydrogen-bond donors (Lipinski definition) is 3. The molecule has 1 aliphatic heterocycles. The molecule has 1 saturated heterocycles. The topological polar surface area (TPSA) is 116 Å². The van der Waals surface area contributed by atoms with Crippen molar-refractivity contribution in [3.63, 3.8) is 0 Å². The molecule has 2 aromatic carbocycles. The number of anilines is 2. The van der Waals surface area contributed by atoms with Crippen molar-refractivity contribution in [2.75, 3.05) is 10.2 Å². The van der Waals surface area contributed by atoms with Crippen molar-refractivity contribution in [3.05, 3.63) is 71.4 Å². The molecule has 0 saturated carbocycles. The number of carbonyl (C=O) groups is 4. The molecular weight excluding hydrogens is 386 g/mol. The second kappa shape index (κ2) is 7.53. The Balaban J connectivity index is 1.83. The van der Waals surface area contributed by atoms with Crippen molar-refractivity contribution in [2.24, 2.45) is 5.92 Å². The number of benzene rings is 2. The summed E-state index contributed by atoms with van der Waals surface area (Å²) in [4.78, 5) is 49.0. The predicted molar refractivity (Wildman–Crippen MR) is 102 cm³/mol. The van der Waals surface area contributed by atoms with E-state index in [2.05, 4.69) is 17.2 Å². The Morgan fingerprint density at radius 3 is 2.25 bits per heavy atom. The van der Waals surface area contributed by atoms with Gasteiger partial charge in [-0.3, -0.25) is 14.9 Å². The van der Waals surface area contributed by atoms with Gasteiger partial charge >= 0.3 is 12.0 Å². The molecule has 1 aliphatic rings. The first-order valence-corrected chi connectivity index (χ1v) is 8.39. The first kappa shape index (κ1) is 19.1. The van der Waals surface area contributed by atoms with E-state index >= 15 is 0 Å². The number of carboxylic acids is 1. The van der Waals surface area contributed by atoms with Crippen LogP contribution in [-0.2, 0) is 9.59 Å². The van der Waals surface area contributed by atoms with Gasteiger partial charge in [-0.15, -0.1) is 0 Å². The summed E-state index contributed by atoms with van der Waals surface area (Å²) in [5.41, 5.74) is 0.813. The van der Waals surface area contributed by atoms with Gasteiger partial charge in [0.25, 0.3) is 5.91 Å². The summed E-state index contributed by atoms with van der Waals surface area (Å²) in [5, 5.41) is 14.3. The van der Waals surface area contributed by atoms with E-state index in [0.29, 0.717) is 10.7 Å². The van der Waals surface area contributed by atoms with Crippen LogP contribution in [0.4, 0.5) is 16.2 Å². The summed E-state index contributed by atoms with van der Waals surface area (Å²) in [5.74, 6) is -4.01. The SMILES string of the molecule is C=C(Nc1ccc(C(=O)O)cc1)[C@@H]1C(=O)NC(=O)N(c2ccc(Cl)cc2)C1=O. The van der Waals surface area contributed by atoms with Crippen LogP contribution in [0, 0.1) is 5.92 Å². The molecular formula is C19H14ClN3O5. The number of urea groups is 1. The van der Waals surface area contributed by atoms with Crippen LogP contribution in [0.5, 0.6) is 0 Å². The molecule has 0 aromatic heterocycles. The number of aromatic carboxylic acids is 1. The zero-order valence-electron chi connectivity index (χ0n) is 14.3. The fourth-order valence-corrected chi connectivity index (χ4v) is 2.80. The highest BCUT2D eigenvalue weighted by Gasteiger charge is 2.43. The Morgan fingerprint density at radius 1 is 1.07 bits per heavy atom. The maximum atomic E-state index is 12.8. The molecule has 2 aromatic rings. The van der Waals surface area contributed by atoms with Crippen LogP contribution < -0.4 is 15.5 Å². The third-order valence-corrected chi connectivity index (χ3v) is 4.28. The molecule has 1 heterocycles. The molecule has 0 spiro atoms. The Hall–Kier alpha value is -3.65. The molecule has 0 unspecified atom stereocenters. The Kier molecular flexibility index (Phi) is 5.14. The summed E-state index contributed by atoms with van der Waals surface area (Å²) in [6, 6.07) is 10.8. The third kappa shape index (κ3) is 3.72. The second-order valence-corrected chi connectivity index (χ2v) is 6.35. The molecule has 4 amide bonds. The minimum Gasteiger partial charge on any atom is -0.478 e. The van der Waals surface area contributed by atoms with Crippen molar-refractivity contribution in [1.82, 2.24) is 5.32 Å². The number of imide groups is 2. The maximum absolute atomic E-state index is 12.8. The fourth-order valence-electron chi connectivity index (χ4n) is 2.67. The van der Waals surface area contributed by atoms with Gasteiger partial charge in [-0.1, -0.05) is 18.2 Å². The van der Waals surface area contributed by atoms with Gasteiger partial charge in [0.2, 0.25) is 5.91 Å². The van der Waals surface area contributed by atoms with Gasteiger partial charge in [-0.2, -0.15) is 0 Å². The van der Waals surface area contributed by atoms with Gasteiger partial charge in [-0.05, 0) is 48.5 Å². The lowest BCUT2D eigenvalue weighted by molar-refractivity contribution is -0.132. The first-order chi connectivity index (χ1) is 13.3. The van der Waals surface area contributed by atoms with Gasteiger partial charge in [-0.25, -0.2) is 14.5 Å². The Labute approximate surface area is 164 Å². The summed E-state index contributed by atoms with van der Waals surface area (Å²) >= 11 is 5.83. The van der Waals surface area contributed by atoms with Crippen LogP contribution in [0.25, 0.3) is 0 Å². The molecule has 0 radical (unpaired) electrons. The van der Waals surface area contributed by atoms with Gasteiger partial charge in [0.05, 0.1) is 11.3 Å². The Morgan fingerprint density at radius 2 is 1.68 bits per heavy atom. The first-order valence-electron chi connectivity index (χ1n) is 8.01. The highest BCUT2D eigenvalue weighted by Crippen LogP contribution is 2.26. The molecule has 0 bridgehead atoms. The van der Waals surface area contributed by atoms with Crippen LogP contribution in [0.3, 0.4) is 0 Å². The molecule has 0 aliphatic carbocycles. The zero-order valence-corrected chi connectivity index (χ0v) is 15.1. The van der Waals surface area contributed by atoms with Crippen molar-refractivity contribution < 1.29 is 24.3 Å². The summed E-state index contributed by atoms with van der Waals surface area (Å²) in [6.07, 6.45) is 0. The number of halogens is 1. The monoisotopic (exact) mass is 399 g/mol. The van der Waals surface area contributed by atoms with Crippen molar-refractivity contribution in [3.8, 4) is 0 Å². The molecule has 28 heavy (non-hydrogen) atoms. The van der Waals surface area contributed by atoms with E-state index in [1.807, 2.05) is 0 Å². The highest BCUT2D eigenvalue weighted by atomic mass is 35.5.